The number of carbonyl (C=O) groups is 1. The summed E-state index contributed by atoms with van der Waals surface area (Å²) in [6, 6.07) is 25.1. The van der Waals surface area contributed by atoms with Crippen LogP contribution in [-0.2, 0) is 9.36 Å². The van der Waals surface area contributed by atoms with Crippen molar-refractivity contribution in [3.05, 3.63) is 114 Å². The predicted molar refractivity (Wildman–Crippen MR) is 146 cm³/mol. The van der Waals surface area contributed by atoms with Gasteiger partial charge in [-0.3, -0.25) is 9.36 Å². The van der Waals surface area contributed by atoms with E-state index in [1.54, 1.807) is 30.3 Å². The lowest BCUT2D eigenvalue weighted by atomic mass is 9.77. The van der Waals surface area contributed by atoms with Gasteiger partial charge < -0.3 is 24.9 Å². The average molecular weight is 548 g/mol. The quantitative estimate of drug-likeness (QED) is 0.178. The van der Waals surface area contributed by atoms with Gasteiger partial charge in [-0.15, -0.1) is 0 Å². The van der Waals surface area contributed by atoms with E-state index in [0.717, 1.165) is 5.56 Å². The Kier molecular flexibility index (Phi) is 7.38. The molecule has 0 spiro atoms. The molecule has 3 unspecified atom stereocenters. The van der Waals surface area contributed by atoms with Gasteiger partial charge in [0.15, 0.2) is 0 Å². The van der Waals surface area contributed by atoms with Crippen molar-refractivity contribution in [2.75, 3.05) is 4.90 Å². The Morgan fingerprint density at radius 1 is 0.872 bits per heavy atom. The van der Waals surface area contributed by atoms with Gasteiger partial charge in [0.05, 0.1) is 23.4 Å². The fraction of sp³-hybridized carbons (Fsp3) is 0.167. The lowest BCUT2D eigenvalue weighted by Crippen LogP contribution is -2.55. The second-order valence-electron chi connectivity index (χ2n) is 9.61. The Bertz CT molecular complexity index is 1540. The Morgan fingerprint density at radius 3 is 2.21 bits per heavy atom. The van der Waals surface area contributed by atoms with Gasteiger partial charge in [-0.2, -0.15) is 0 Å². The molecule has 0 saturated carbocycles. The number of hydrogen-bond donors (Lipinski definition) is 4. The number of hydrogen-bond acceptors (Lipinski definition) is 4. The average Bonchev–Trinajstić information content (AvgIpc) is 2.92. The summed E-state index contributed by atoms with van der Waals surface area (Å²) < 4.78 is 25.5. The highest BCUT2D eigenvalue weighted by Gasteiger charge is 2.49. The summed E-state index contributed by atoms with van der Waals surface area (Å²) in [4.78, 5) is 33.5. The first kappa shape index (κ1) is 26.8. The molecule has 9 heteroatoms. The van der Waals surface area contributed by atoms with E-state index in [9.17, 15) is 33.7 Å². The molecular formula is C30H27FNO6P. The van der Waals surface area contributed by atoms with Gasteiger partial charge in [0.25, 0.3) is 0 Å². The first-order valence-corrected chi connectivity index (χ1v) is 14.1. The molecule has 7 nitrogen and oxygen atoms in total. The number of phenolic OH excluding ortho intramolecular Hbond substituents is 1. The lowest BCUT2D eigenvalue weighted by Gasteiger charge is -2.48. The SMILES string of the molecule is O=C1C(CCC(O)c2ccccc2)C(c2ccc(-c3ccc(P(=O)(O)O)cc3)cc2O)N1c1cccc(F)c1. The first-order chi connectivity index (χ1) is 18.6. The molecule has 4 N–H and O–H groups in total. The predicted octanol–water partition coefficient (Wildman–Crippen LogP) is 5.22. The van der Waals surface area contributed by atoms with Crippen molar-refractivity contribution in [1.82, 2.24) is 0 Å². The Hall–Kier alpha value is -3.81. The summed E-state index contributed by atoms with van der Waals surface area (Å²) >= 11 is 0. The van der Waals surface area contributed by atoms with Gasteiger partial charge in [0.1, 0.15) is 11.6 Å². The standard InChI is InChI=1S/C30H27FNO6P/c31-22-7-4-8-23(18-22)32-29(26(30(32)35)15-16-27(33)20-5-2-1-3-6-20)25-14-11-21(17-28(25)34)19-9-12-24(13-10-19)39(36,37)38/h1-14,17-18,26-27,29,33-34H,15-16H2,(H2,36,37,38). The van der Waals surface area contributed by atoms with Crippen molar-refractivity contribution in [3.8, 4) is 16.9 Å². The fourth-order valence-electron chi connectivity index (χ4n) is 5.10. The molecule has 0 radical (unpaired) electrons. The Balaban J connectivity index is 1.44. The van der Waals surface area contributed by atoms with Crippen LogP contribution in [0.15, 0.2) is 97.1 Å². The van der Waals surface area contributed by atoms with Gasteiger partial charge >= 0.3 is 7.60 Å². The zero-order valence-electron chi connectivity index (χ0n) is 20.8. The van der Waals surface area contributed by atoms with Crippen molar-refractivity contribution in [2.24, 2.45) is 5.92 Å². The molecule has 5 rings (SSSR count). The molecule has 200 valence electrons. The zero-order chi connectivity index (χ0) is 27.7. The monoisotopic (exact) mass is 547 g/mol. The van der Waals surface area contributed by atoms with Crippen molar-refractivity contribution >= 4 is 24.5 Å². The molecule has 39 heavy (non-hydrogen) atoms. The van der Waals surface area contributed by atoms with Crippen LogP contribution in [0.25, 0.3) is 11.1 Å². The van der Waals surface area contributed by atoms with E-state index in [-0.39, 0.29) is 17.0 Å². The normalized spacial score (nSPS) is 18.1. The molecule has 1 aliphatic heterocycles. The minimum absolute atomic E-state index is 0.0703. The number of aromatic hydroxyl groups is 1. The molecule has 4 aromatic carbocycles. The van der Waals surface area contributed by atoms with Gasteiger partial charge in [-0.25, -0.2) is 4.39 Å². The number of carbonyl (C=O) groups excluding carboxylic acids is 1. The molecule has 0 aromatic heterocycles. The molecule has 1 amide bonds. The molecule has 1 saturated heterocycles. The molecule has 0 bridgehead atoms. The molecule has 1 fully saturated rings. The Labute approximate surface area is 225 Å². The number of rotatable bonds is 8. The van der Waals surface area contributed by atoms with Crippen molar-refractivity contribution in [2.45, 2.75) is 25.0 Å². The van der Waals surface area contributed by atoms with Gasteiger partial charge in [0, 0.05) is 11.3 Å². The van der Waals surface area contributed by atoms with E-state index in [1.165, 1.54) is 41.3 Å². The molecule has 1 aliphatic rings. The number of anilines is 1. The molecule has 3 atom stereocenters. The number of benzene rings is 4. The topological polar surface area (TPSA) is 118 Å². The van der Waals surface area contributed by atoms with E-state index in [0.29, 0.717) is 35.2 Å². The fourth-order valence-corrected chi connectivity index (χ4v) is 5.64. The molecule has 0 aliphatic carbocycles. The van der Waals surface area contributed by atoms with E-state index in [1.807, 2.05) is 30.3 Å². The van der Waals surface area contributed by atoms with E-state index in [4.69, 9.17) is 0 Å². The maximum Gasteiger partial charge on any atom is 0.356 e. The first-order valence-electron chi connectivity index (χ1n) is 12.4. The third kappa shape index (κ3) is 5.51. The van der Waals surface area contributed by atoms with E-state index < -0.39 is 31.5 Å². The van der Waals surface area contributed by atoms with Crippen molar-refractivity contribution in [3.63, 3.8) is 0 Å². The van der Waals surface area contributed by atoms with Crippen LogP contribution in [0.3, 0.4) is 0 Å². The van der Waals surface area contributed by atoms with Gasteiger partial charge in [-0.1, -0.05) is 60.7 Å². The third-order valence-corrected chi connectivity index (χ3v) is 8.09. The summed E-state index contributed by atoms with van der Waals surface area (Å²) in [6.45, 7) is 0. The van der Waals surface area contributed by atoms with Crippen LogP contribution in [0.4, 0.5) is 10.1 Å². The third-order valence-electron chi connectivity index (χ3n) is 7.12. The van der Waals surface area contributed by atoms with Crippen LogP contribution in [0.5, 0.6) is 5.75 Å². The maximum atomic E-state index is 14.0. The highest BCUT2D eigenvalue weighted by atomic mass is 31.2. The van der Waals surface area contributed by atoms with Crippen LogP contribution in [0.1, 0.15) is 36.1 Å². The summed E-state index contributed by atoms with van der Waals surface area (Å²) in [5.74, 6) is -1.31. The van der Waals surface area contributed by atoms with Crippen molar-refractivity contribution < 1.29 is 33.7 Å². The summed E-state index contributed by atoms with van der Waals surface area (Å²) in [5, 5.41) is 21.6. The van der Waals surface area contributed by atoms with E-state index in [2.05, 4.69) is 0 Å². The smallest absolute Gasteiger partial charge is 0.356 e. The number of phenols is 1. The minimum Gasteiger partial charge on any atom is -0.508 e. The molecule has 4 aromatic rings. The summed E-state index contributed by atoms with van der Waals surface area (Å²) in [7, 11) is -4.37. The second-order valence-corrected chi connectivity index (χ2v) is 11.2. The highest BCUT2D eigenvalue weighted by Crippen LogP contribution is 2.49. The van der Waals surface area contributed by atoms with Crippen LogP contribution in [0, 0.1) is 11.7 Å². The largest absolute Gasteiger partial charge is 0.508 e. The van der Waals surface area contributed by atoms with Crippen LogP contribution >= 0.6 is 7.60 Å². The number of aliphatic hydroxyl groups is 1. The maximum absolute atomic E-state index is 14.0. The zero-order valence-corrected chi connectivity index (χ0v) is 21.7. The summed E-state index contributed by atoms with van der Waals surface area (Å²) in [5.41, 5.74) is 2.87. The second kappa shape index (κ2) is 10.8. The minimum atomic E-state index is -4.37. The molecular weight excluding hydrogens is 520 g/mol. The number of β-lactam (4-membered cyclic amide) rings is 1. The number of nitrogens with zero attached hydrogens (tertiary/aromatic N) is 1. The number of aliphatic hydroxyl groups excluding tert-OH is 1. The van der Waals surface area contributed by atoms with Crippen LogP contribution < -0.4 is 10.2 Å². The van der Waals surface area contributed by atoms with Gasteiger partial charge in [-0.05, 0) is 65.9 Å². The van der Waals surface area contributed by atoms with Crippen molar-refractivity contribution in [1.29, 1.82) is 0 Å². The van der Waals surface area contributed by atoms with Crippen LogP contribution in [0.2, 0.25) is 0 Å². The van der Waals surface area contributed by atoms with Crippen LogP contribution in [-0.4, -0.2) is 25.9 Å². The summed E-state index contributed by atoms with van der Waals surface area (Å²) in [6.07, 6.45) is -0.0651. The number of amides is 1. The van der Waals surface area contributed by atoms with E-state index >= 15 is 0 Å². The van der Waals surface area contributed by atoms with Gasteiger partial charge in [0.2, 0.25) is 5.91 Å². The number of halogens is 1. The lowest BCUT2D eigenvalue weighted by molar-refractivity contribution is -0.131. The molecule has 1 heterocycles. The Morgan fingerprint density at radius 2 is 1.56 bits per heavy atom. The highest BCUT2D eigenvalue weighted by molar-refractivity contribution is 7.60.